The van der Waals surface area contributed by atoms with Crippen molar-refractivity contribution in [2.24, 2.45) is 22.4 Å². The molecule has 1 aromatic rings. The molecule has 2 rings (SSSR count). The number of aliphatic imine (C=N–C) groups is 1. The average molecular weight is 876 g/mol. The Bertz CT molecular complexity index is 1820. The normalized spacial score (nSPS) is 24.6. The summed E-state index contributed by atoms with van der Waals surface area (Å²) in [7, 11) is 0. The lowest BCUT2D eigenvalue weighted by Crippen LogP contribution is -2.61. The summed E-state index contributed by atoms with van der Waals surface area (Å²) in [4.78, 5) is 135. The van der Waals surface area contributed by atoms with Crippen molar-refractivity contribution in [3.8, 4) is 0 Å². The van der Waals surface area contributed by atoms with Crippen molar-refractivity contribution in [2.45, 2.75) is 115 Å². The molecule has 1 heterocycles. The SMILES string of the molecule is CC(C)[C@@H]1NC(=O)[C@H](CCCN=C(N)N)NC(=O)[C@H](Cc2ccccc2)NC(=O)CNC(=O)[C@H]([C@@H](C)O)NC(=O)[C@H](CCC(=O)O)NC(=O)[C@H](C)NC(=O)[C@H](CC(=O)O)NC1=O. The summed E-state index contributed by atoms with van der Waals surface area (Å²) in [6.45, 7) is 4.58. The minimum atomic E-state index is -1.83. The molecule has 0 bridgehead atoms. The van der Waals surface area contributed by atoms with Gasteiger partial charge in [-0.15, -0.1) is 0 Å². The van der Waals surface area contributed by atoms with E-state index >= 15 is 0 Å². The molecule has 0 radical (unpaired) electrons. The quantitative estimate of drug-likeness (QED) is 0.0503. The van der Waals surface area contributed by atoms with Crippen molar-refractivity contribution in [1.29, 1.82) is 0 Å². The Kier molecular flexibility index (Phi) is 20.7. The minimum absolute atomic E-state index is 0.0271. The first-order valence-corrected chi connectivity index (χ1v) is 19.7. The highest BCUT2D eigenvalue weighted by molar-refractivity contribution is 5.99. The van der Waals surface area contributed by atoms with Gasteiger partial charge >= 0.3 is 11.9 Å². The Morgan fingerprint density at radius 1 is 0.677 bits per heavy atom. The zero-order valence-corrected chi connectivity index (χ0v) is 34.8. The van der Waals surface area contributed by atoms with Crippen LogP contribution < -0.4 is 54.0 Å². The maximum atomic E-state index is 14.0. The number of nitrogens with one attached hydrogen (secondary N) is 8. The Morgan fingerprint density at radius 2 is 1.23 bits per heavy atom. The largest absolute Gasteiger partial charge is 0.481 e. The molecule has 0 aliphatic carbocycles. The zero-order chi connectivity index (χ0) is 46.7. The van der Waals surface area contributed by atoms with Gasteiger partial charge in [0.1, 0.15) is 42.3 Å². The van der Waals surface area contributed by atoms with Crippen molar-refractivity contribution in [1.82, 2.24) is 42.5 Å². The lowest BCUT2D eigenvalue weighted by atomic mass is 10.0. The highest BCUT2D eigenvalue weighted by Crippen LogP contribution is 2.10. The standard InChI is InChI=1S/C38H57N11O13/c1-18(2)29-37(62)47-25(16-28(54)55)34(59)43-19(3)31(56)45-23(12-13-27(52)53)33(58)49-30(20(4)50)36(61)42-17-26(51)44-24(15-21-9-6-5-7-10-21)35(60)46-22(32(57)48-29)11-8-14-41-38(39)40/h5-7,9-10,18-20,22-25,29-30,50H,8,11-17H2,1-4H3,(H,42,61)(H,43,59)(H,44,51)(H,45,56)(H,46,60)(H,47,62)(H,48,57)(H,49,58)(H,52,53)(H,54,55)(H4,39,40,41)/t19-,20+,22-,23-,24-,25-,29-,30-/m0/s1. The van der Waals surface area contributed by atoms with Gasteiger partial charge in [-0.05, 0) is 44.6 Å². The van der Waals surface area contributed by atoms with Crippen LogP contribution in [0.3, 0.4) is 0 Å². The predicted octanol–water partition coefficient (Wildman–Crippen LogP) is -4.80. The van der Waals surface area contributed by atoms with Crippen LogP contribution >= 0.6 is 0 Å². The van der Waals surface area contributed by atoms with E-state index in [0.717, 1.165) is 13.8 Å². The number of carboxylic acid groups (broad SMARTS) is 2. The molecule has 8 amide bonds. The molecule has 8 atom stereocenters. The van der Waals surface area contributed by atoms with Crippen LogP contribution in [0.2, 0.25) is 0 Å². The summed E-state index contributed by atoms with van der Waals surface area (Å²) in [6.07, 6.45) is -3.89. The molecular weight excluding hydrogens is 818 g/mol. The summed E-state index contributed by atoms with van der Waals surface area (Å²) in [5.74, 6) is -12.0. The smallest absolute Gasteiger partial charge is 0.305 e. The number of benzene rings is 1. The van der Waals surface area contributed by atoms with Crippen LogP contribution in [-0.4, -0.2) is 142 Å². The molecule has 0 aromatic heterocycles. The fraction of sp³-hybridized carbons (Fsp3) is 0.553. The molecule has 24 nitrogen and oxygen atoms in total. The second-order valence-electron chi connectivity index (χ2n) is 14.9. The summed E-state index contributed by atoms with van der Waals surface area (Å²) in [5.41, 5.74) is 11.4. The highest BCUT2D eigenvalue weighted by Gasteiger charge is 2.36. The van der Waals surface area contributed by atoms with E-state index in [9.17, 15) is 63.3 Å². The number of hydrogen-bond donors (Lipinski definition) is 13. The number of aliphatic hydroxyl groups excluding tert-OH is 1. The third-order valence-corrected chi connectivity index (χ3v) is 9.29. The predicted molar refractivity (Wildman–Crippen MR) is 218 cm³/mol. The third-order valence-electron chi connectivity index (χ3n) is 9.29. The van der Waals surface area contributed by atoms with Crippen molar-refractivity contribution < 1.29 is 63.3 Å². The van der Waals surface area contributed by atoms with Gasteiger partial charge in [0.25, 0.3) is 0 Å². The Balaban J connectivity index is 2.66. The van der Waals surface area contributed by atoms with Gasteiger partial charge in [-0.2, -0.15) is 0 Å². The van der Waals surface area contributed by atoms with Gasteiger partial charge in [0, 0.05) is 19.4 Å². The van der Waals surface area contributed by atoms with Crippen LogP contribution in [0.4, 0.5) is 0 Å². The van der Waals surface area contributed by atoms with Gasteiger partial charge in [0.05, 0.1) is 19.1 Å². The lowest BCUT2D eigenvalue weighted by Gasteiger charge is -2.28. The maximum absolute atomic E-state index is 14.0. The molecular formula is C38H57N11O13. The summed E-state index contributed by atoms with van der Waals surface area (Å²) < 4.78 is 0. The fourth-order valence-electron chi connectivity index (χ4n) is 5.93. The van der Waals surface area contributed by atoms with E-state index in [1.165, 1.54) is 13.8 Å². The number of aliphatic carboxylic acids is 2. The van der Waals surface area contributed by atoms with Crippen LogP contribution in [0.15, 0.2) is 35.3 Å². The zero-order valence-electron chi connectivity index (χ0n) is 34.8. The van der Waals surface area contributed by atoms with E-state index in [4.69, 9.17) is 11.5 Å². The number of hydrogen-bond acceptors (Lipinski definition) is 12. The second kappa shape index (κ2) is 25.0. The number of nitrogens with zero attached hydrogens (tertiary/aromatic N) is 1. The Hall–Kier alpha value is -6.85. The van der Waals surface area contributed by atoms with E-state index in [1.807, 2.05) is 0 Å². The monoisotopic (exact) mass is 875 g/mol. The molecule has 0 unspecified atom stereocenters. The molecule has 24 heteroatoms. The van der Waals surface area contributed by atoms with Gasteiger partial charge < -0.3 is 69.3 Å². The fourth-order valence-corrected chi connectivity index (χ4v) is 5.93. The molecule has 1 fully saturated rings. The number of guanidine groups is 1. The average Bonchev–Trinajstić information content (AvgIpc) is 3.19. The number of carbonyl (C=O) groups excluding carboxylic acids is 8. The lowest BCUT2D eigenvalue weighted by molar-refractivity contribution is -0.142. The van der Waals surface area contributed by atoms with E-state index in [0.29, 0.717) is 5.56 Å². The third kappa shape index (κ3) is 17.8. The highest BCUT2D eigenvalue weighted by atomic mass is 16.4. The van der Waals surface area contributed by atoms with Crippen molar-refractivity contribution in [3.63, 3.8) is 0 Å². The molecule has 62 heavy (non-hydrogen) atoms. The first-order valence-electron chi connectivity index (χ1n) is 19.7. The Morgan fingerprint density at radius 3 is 1.79 bits per heavy atom. The van der Waals surface area contributed by atoms with Crippen molar-refractivity contribution in [3.05, 3.63) is 35.9 Å². The van der Waals surface area contributed by atoms with Crippen LogP contribution in [0.25, 0.3) is 0 Å². The van der Waals surface area contributed by atoms with E-state index in [2.05, 4.69) is 47.5 Å². The van der Waals surface area contributed by atoms with Crippen LogP contribution in [0.1, 0.15) is 65.4 Å². The van der Waals surface area contributed by atoms with E-state index in [-0.39, 0.29) is 31.8 Å². The van der Waals surface area contributed by atoms with Crippen molar-refractivity contribution >= 4 is 65.2 Å². The number of aliphatic hydroxyl groups is 1. The van der Waals surface area contributed by atoms with Gasteiger partial charge in [-0.25, -0.2) is 0 Å². The number of rotatable bonds is 13. The summed E-state index contributed by atoms with van der Waals surface area (Å²) in [5, 5.41) is 48.2. The van der Waals surface area contributed by atoms with Crippen molar-refractivity contribution in [2.75, 3.05) is 13.1 Å². The van der Waals surface area contributed by atoms with Crippen LogP contribution in [0, 0.1) is 5.92 Å². The minimum Gasteiger partial charge on any atom is -0.481 e. The van der Waals surface area contributed by atoms with Crippen LogP contribution in [-0.2, 0) is 54.4 Å². The molecule has 1 saturated heterocycles. The Labute approximate surface area is 356 Å². The number of carboxylic acids is 2. The summed E-state index contributed by atoms with van der Waals surface area (Å²) >= 11 is 0. The first-order chi connectivity index (χ1) is 29.1. The van der Waals surface area contributed by atoms with E-state index in [1.54, 1.807) is 30.3 Å². The number of amides is 8. The molecule has 1 aromatic carbocycles. The van der Waals surface area contributed by atoms with Gasteiger partial charge in [-0.3, -0.25) is 52.9 Å². The van der Waals surface area contributed by atoms with Gasteiger partial charge in [-0.1, -0.05) is 44.2 Å². The molecule has 1 aliphatic heterocycles. The molecule has 0 spiro atoms. The summed E-state index contributed by atoms with van der Waals surface area (Å²) in [6, 6.07) is -2.59. The molecule has 1 aliphatic rings. The first kappa shape index (κ1) is 51.3. The van der Waals surface area contributed by atoms with Gasteiger partial charge in [0.2, 0.25) is 47.3 Å². The molecule has 0 saturated carbocycles. The second-order valence-corrected chi connectivity index (χ2v) is 14.9. The van der Waals surface area contributed by atoms with E-state index < -0.39 is 139 Å². The molecule has 15 N–H and O–H groups in total. The van der Waals surface area contributed by atoms with Crippen LogP contribution in [0.5, 0.6) is 0 Å². The number of nitrogens with two attached hydrogens (primary N) is 2. The number of carbonyl (C=O) groups is 10. The topological polar surface area (TPSA) is 392 Å². The maximum Gasteiger partial charge on any atom is 0.305 e. The molecule has 342 valence electrons. The van der Waals surface area contributed by atoms with Gasteiger partial charge in [0.15, 0.2) is 5.96 Å².